The number of anilines is 1. The van der Waals surface area contributed by atoms with Crippen LogP contribution in [0.15, 0.2) is 24.3 Å². The van der Waals surface area contributed by atoms with E-state index in [1.807, 2.05) is 41.5 Å². The lowest BCUT2D eigenvalue weighted by molar-refractivity contribution is -0.123. The van der Waals surface area contributed by atoms with E-state index in [0.29, 0.717) is 12.0 Å². The van der Waals surface area contributed by atoms with E-state index < -0.39 is 18.0 Å². The lowest BCUT2D eigenvalue weighted by Crippen LogP contribution is -2.48. The van der Waals surface area contributed by atoms with Gasteiger partial charge in [-0.25, -0.2) is 4.79 Å². The standard InChI is InChI=1S/C21H34N4O4.C3H8.C2H5NO.2C2H6/c1-6-7-8-17(23-4)20(27)24-16-11-9-15(10-12-16)13-29-21(28)25(5)18(14(2)3)19(22)26;1-3-2;3-1-2-4;2*1-2/h9-12,14,17-18,23H,6-8,13H2,1-5H3,(H2,22,26)(H,24,27);3H2,1-2H3;2H,1,3H2;2*1-2H3/t17-,18-;;;;/m0..../s1. The molecule has 0 unspecified atom stereocenters. The summed E-state index contributed by atoms with van der Waals surface area (Å²) in [7, 11) is 3.27. The number of carbonyl (C=O) groups excluding carboxylic acids is 4. The number of ether oxygens (including phenoxy) is 1. The van der Waals surface area contributed by atoms with Crippen LogP contribution in [0.3, 0.4) is 0 Å². The van der Waals surface area contributed by atoms with Gasteiger partial charge in [-0.15, -0.1) is 0 Å². The van der Waals surface area contributed by atoms with Crippen molar-refractivity contribution in [1.29, 1.82) is 0 Å². The van der Waals surface area contributed by atoms with Crippen molar-refractivity contribution in [1.82, 2.24) is 10.2 Å². The summed E-state index contributed by atoms with van der Waals surface area (Å²) in [5.41, 5.74) is 11.5. The molecule has 0 heterocycles. The first-order valence-electron chi connectivity index (χ1n) is 14.4. The van der Waals surface area contributed by atoms with E-state index in [-0.39, 0.29) is 31.0 Å². The second-order valence-electron chi connectivity index (χ2n) is 8.54. The number of benzene rings is 1. The minimum atomic E-state index is -0.729. The van der Waals surface area contributed by atoms with Crippen LogP contribution < -0.4 is 22.1 Å². The Morgan fingerprint density at radius 3 is 1.85 bits per heavy atom. The predicted octanol–water partition coefficient (Wildman–Crippen LogP) is 5.09. The SMILES string of the molecule is CC.CC.CCC.CCCC[C@H](NC)C(=O)Nc1ccc(COC(=O)N(C)[C@H](C(N)=O)C(C)C)cc1.NCC=O. The highest BCUT2D eigenvalue weighted by Gasteiger charge is 2.28. The predicted molar refractivity (Wildman–Crippen MR) is 167 cm³/mol. The van der Waals surface area contributed by atoms with Gasteiger partial charge in [-0.05, 0) is 37.1 Å². The largest absolute Gasteiger partial charge is 0.445 e. The quantitative estimate of drug-likeness (QED) is 0.255. The summed E-state index contributed by atoms with van der Waals surface area (Å²) in [6, 6.07) is 6.11. The van der Waals surface area contributed by atoms with Gasteiger partial charge >= 0.3 is 6.09 Å². The third-order valence-electron chi connectivity index (χ3n) is 4.82. The lowest BCUT2D eigenvalue weighted by Gasteiger charge is -2.27. The van der Waals surface area contributed by atoms with Crippen LogP contribution in [0.5, 0.6) is 0 Å². The lowest BCUT2D eigenvalue weighted by atomic mass is 10.0. The molecule has 1 aromatic carbocycles. The number of nitrogens with zero attached hydrogens (tertiary/aromatic N) is 1. The van der Waals surface area contributed by atoms with Gasteiger partial charge in [0.2, 0.25) is 11.8 Å². The summed E-state index contributed by atoms with van der Waals surface area (Å²) in [5.74, 6) is -0.766. The van der Waals surface area contributed by atoms with Crippen LogP contribution in [0.25, 0.3) is 0 Å². The highest BCUT2D eigenvalue weighted by molar-refractivity contribution is 5.94. The number of rotatable bonds is 12. The molecule has 0 saturated carbocycles. The fourth-order valence-electron chi connectivity index (χ4n) is 3.06. The molecule has 3 amide bonds. The van der Waals surface area contributed by atoms with Gasteiger partial charge in [0, 0.05) is 19.3 Å². The van der Waals surface area contributed by atoms with Crippen molar-refractivity contribution >= 4 is 29.9 Å². The molecule has 6 N–H and O–H groups in total. The van der Waals surface area contributed by atoms with Gasteiger partial charge in [0.25, 0.3) is 0 Å². The molecule has 234 valence electrons. The van der Waals surface area contributed by atoms with E-state index in [1.165, 1.54) is 18.4 Å². The maximum atomic E-state index is 12.3. The highest BCUT2D eigenvalue weighted by Crippen LogP contribution is 2.14. The molecule has 0 radical (unpaired) electrons. The number of amides is 3. The highest BCUT2D eigenvalue weighted by atomic mass is 16.6. The monoisotopic (exact) mass is 569 g/mol. The molecule has 0 aliphatic carbocycles. The summed E-state index contributed by atoms with van der Waals surface area (Å²) >= 11 is 0. The van der Waals surface area contributed by atoms with Gasteiger partial charge in [0.05, 0.1) is 6.04 Å². The van der Waals surface area contributed by atoms with Gasteiger partial charge < -0.3 is 31.6 Å². The third-order valence-corrected chi connectivity index (χ3v) is 4.82. The van der Waals surface area contributed by atoms with Crippen molar-refractivity contribution in [2.45, 2.75) is 107 Å². The molecule has 0 fully saturated rings. The van der Waals surface area contributed by atoms with Crippen molar-refractivity contribution in [3.05, 3.63) is 29.8 Å². The van der Waals surface area contributed by atoms with E-state index >= 15 is 0 Å². The zero-order chi connectivity index (χ0) is 32.1. The van der Waals surface area contributed by atoms with Crippen molar-refractivity contribution in [3.8, 4) is 0 Å². The number of carbonyl (C=O) groups is 4. The molecular formula is C30H59N5O5. The minimum Gasteiger partial charge on any atom is -0.445 e. The number of aldehydes is 1. The summed E-state index contributed by atoms with van der Waals surface area (Å²) in [6.45, 7) is 18.2. The number of hydrogen-bond donors (Lipinski definition) is 4. The normalized spacial score (nSPS) is 10.7. The van der Waals surface area contributed by atoms with E-state index in [4.69, 9.17) is 15.3 Å². The Morgan fingerprint density at radius 2 is 1.50 bits per heavy atom. The van der Waals surface area contributed by atoms with Crippen LogP contribution in [0.4, 0.5) is 10.5 Å². The summed E-state index contributed by atoms with van der Waals surface area (Å²) < 4.78 is 5.27. The Labute approximate surface area is 244 Å². The number of nitrogens with two attached hydrogens (primary N) is 2. The second-order valence-corrected chi connectivity index (χ2v) is 8.54. The maximum absolute atomic E-state index is 12.3. The summed E-state index contributed by atoms with van der Waals surface area (Å²) in [6.07, 6.45) is 4.08. The Balaban J connectivity index is -0.000000509. The zero-order valence-corrected chi connectivity index (χ0v) is 27.0. The topological polar surface area (TPSA) is 157 Å². The van der Waals surface area contributed by atoms with Crippen molar-refractivity contribution in [3.63, 3.8) is 0 Å². The van der Waals surface area contributed by atoms with Gasteiger partial charge in [-0.1, -0.05) is 93.7 Å². The van der Waals surface area contributed by atoms with Crippen molar-refractivity contribution in [2.24, 2.45) is 17.4 Å². The average molecular weight is 570 g/mol. The van der Waals surface area contributed by atoms with Crippen LogP contribution in [0.1, 0.15) is 93.6 Å². The van der Waals surface area contributed by atoms with Crippen LogP contribution in [0, 0.1) is 5.92 Å². The van der Waals surface area contributed by atoms with Crippen LogP contribution in [-0.4, -0.2) is 61.8 Å². The molecule has 0 spiro atoms. The van der Waals surface area contributed by atoms with E-state index in [1.54, 1.807) is 31.3 Å². The van der Waals surface area contributed by atoms with E-state index in [0.717, 1.165) is 24.8 Å². The molecule has 0 aromatic heterocycles. The summed E-state index contributed by atoms with van der Waals surface area (Å²) in [4.78, 5) is 46.3. The molecule has 10 heteroatoms. The second kappa shape index (κ2) is 30.6. The Kier molecular flexibility index (Phi) is 33.7. The van der Waals surface area contributed by atoms with Crippen LogP contribution in [0.2, 0.25) is 0 Å². The van der Waals surface area contributed by atoms with Gasteiger partial charge in [-0.3, -0.25) is 14.5 Å². The number of unbranched alkanes of at least 4 members (excludes halogenated alkanes) is 1. The maximum Gasteiger partial charge on any atom is 0.410 e. The summed E-state index contributed by atoms with van der Waals surface area (Å²) in [5, 5.41) is 5.91. The number of hydrogen-bond acceptors (Lipinski definition) is 7. The van der Waals surface area contributed by atoms with E-state index in [9.17, 15) is 14.4 Å². The molecule has 2 atom stereocenters. The molecule has 0 bridgehead atoms. The molecule has 1 rings (SSSR count). The first-order chi connectivity index (χ1) is 19.0. The zero-order valence-electron chi connectivity index (χ0n) is 27.0. The molecule has 1 aromatic rings. The van der Waals surface area contributed by atoms with Gasteiger partial charge in [-0.2, -0.15) is 0 Å². The minimum absolute atomic E-state index is 0.0522. The number of likely N-dealkylation sites (N-methyl/N-ethyl adjacent to an activating group) is 2. The Bertz CT molecular complexity index is 757. The fourth-order valence-corrected chi connectivity index (χ4v) is 3.06. The first kappa shape index (κ1) is 44.1. The first-order valence-corrected chi connectivity index (χ1v) is 14.4. The Hall–Kier alpha value is -2.98. The molecular weight excluding hydrogens is 510 g/mol. The molecule has 0 aliphatic rings. The van der Waals surface area contributed by atoms with Crippen molar-refractivity contribution < 1.29 is 23.9 Å². The fraction of sp³-hybridized carbons (Fsp3) is 0.667. The number of primary amides is 1. The van der Waals surface area contributed by atoms with E-state index in [2.05, 4.69) is 37.1 Å². The smallest absolute Gasteiger partial charge is 0.410 e. The Morgan fingerprint density at radius 1 is 1.02 bits per heavy atom. The van der Waals surface area contributed by atoms with Gasteiger partial charge in [0.15, 0.2) is 0 Å². The third kappa shape index (κ3) is 21.9. The van der Waals surface area contributed by atoms with Crippen LogP contribution >= 0.6 is 0 Å². The van der Waals surface area contributed by atoms with Gasteiger partial charge in [0.1, 0.15) is 18.9 Å². The average Bonchev–Trinajstić information content (AvgIpc) is 2.95. The van der Waals surface area contributed by atoms with Crippen LogP contribution in [-0.2, 0) is 25.7 Å². The van der Waals surface area contributed by atoms with Crippen molar-refractivity contribution in [2.75, 3.05) is 26.0 Å². The molecule has 0 saturated heterocycles. The molecule has 40 heavy (non-hydrogen) atoms. The number of nitrogens with one attached hydrogen (secondary N) is 2. The molecule has 0 aliphatic heterocycles. The molecule has 10 nitrogen and oxygen atoms in total.